The summed E-state index contributed by atoms with van der Waals surface area (Å²) < 4.78 is 21.5. The van der Waals surface area contributed by atoms with Crippen molar-refractivity contribution >= 4 is 18.0 Å². The molecule has 3 rings (SSSR count). The number of fused-ring (bicyclic) bond motifs is 1. The molecule has 0 bridgehead atoms. The lowest BCUT2D eigenvalue weighted by molar-refractivity contribution is 0.101. The summed E-state index contributed by atoms with van der Waals surface area (Å²) >= 11 is 0. The van der Waals surface area contributed by atoms with Gasteiger partial charge in [0.25, 0.3) is 0 Å². The second-order valence-electron chi connectivity index (χ2n) is 5.94. The highest BCUT2D eigenvalue weighted by Gasteiger charge is 2.28. The van der Waals surface area contributed by atoms with Crippen molar-refractivity contribution in [2.24, 2.45) is 0 Å². The summed E-state index contributed by atoms with van der Waals surface area (Å²) in [7, 11) is 6.23. The van der Waals surface area contributed by atoms with Gasteiger partial charge in [0.15, 0.2) is 17.3 Å². The Balaban J connectivity index is 1.91. The van der Waals surface area contributed by atoms with E-state index in [1.54, 1.807) is 57.6 Å². The number of amides is 1. The van der Waals surface area contributed by atoms with Gasteiger partial charge in [-0.05, 0) is 24.3 Å². The summed E-state index contributed by atoms with van der Waals surface area (Å²) in [4.78, 5) is 25.6. The van der Waals surface area contributed by atoms with Gasteiger partial charge in [-0.2, -0.15) is 0 Å². The Morgan fingerprint density at radius 3 is 2.56 bits per heavy atom. The number of allylic oxidation sites excluding steroid dienone is 1. The standard InChI is InChI=1S/C20H19NO6/c1-21(2)20(23)26-13-8-9-14-16(11-13)27-17(18(14)22)10-12-6-5-7-15(24-3)19(12)25-4/h5-11H,1-4H3/b17-10-. The molecule has 1 aliphatic rings. The van der Waals surface area contributed by atoms with Crippen LogP contribution in [0.1, 0.15) is 15.9 Å². The molecule has 0 radical (unpaired) electrons. The average molecular weight is 369 g/mol. The van der Waals surface area contributed by atoms with Gasteiger partial charge < -0.3 is 23.8 Å². The van der Waals surface area contributed by atoms with Crippen molar-refractivity contribution in [3.63, 3.8) is 0 Å². The molecule has 7 nitrogen and oxygen atoms in total. The van der Waals surface area contributed by atoms with Gasteiger partial charge in [0, 0.05) is 25.7 Å². The number of para-hydroxylation sites is 1. The molecule has 1 heterocycles. The first-order valence-electron chi connectivity index (χ1n) is 8.13. The van der Waals surface area contributed by atoms with Crippen LogP contribution >= 0.6 is 0 Å². The first-order valence-corrected chi connectivity index (χ1v) is 8.13. The molecule has 0 fully saturated rings. The number of hydrogen-bond donors (Lipinski definition) is 0. The molecule has 0 aromatic heterocycles. The van der Waals surface area contributed by atoms with Crippen molar-refractivity contribution < 1.29 is 28.5 Å². The Bertz CT molecular complexity index is 932. The van der Waals surface area contributed by atoms with Gasteiger partial charge in [-0.3, -0.25) is 4.79 Å². The quantitative estimate of drug-likeness (QED) is 0.769. The zero-order valence-corrected chi connectivity index (χ0v) is 15.4. The van der Waals surface area contributed by atoms with Gasteiger partial charge in [-0.1, -0.05) is 12.1 Å². The molecule has 0 saturated carbocycles. The highest BCUT2D eigenvalue weighted by atomic mass is 16.6. The number of carbonyl (C=O) groups is 2. The lowest BCUT2D eigenvalue weighted by Gasteiger charge is -2.11. The van der Waals surface area contributed by atoms with Crippen LogP contribution < -0.4 is 18.9 Å². The Hall–Kier alpha value is -3.48. The Kier molecular flexibility index (Phi) is 5.03. The number of rotatable bonds is 4. The zero-order chi connectivity index (χ0) is 19.6. The first kappa shape index (κ1) is 18.3. The van der Waals surface area contributed by atoms with Crippen LogP contribution in [0.25, 0.3) is 6.08 Å². The molecular formula is C20H19NO6. The Morgan fingerprint density at radius 2 is 1.89 bits per heavy atom. The van der Waals surface area contributed by atoms with Crippen LogP contribution in [0.15, 0.2) is 42.2 Å². The largest absolute Gasteiger partial charge is 0.493 e. The summed E-state index contributed by atoms with van der Waals surface area (Å²) in [6, 6.07) is 9.98. The molecular weight excluding hydrogens is 350 g/mol. The van der Waals surface area contributed by atoms with Gasteiger partial charge in [0.1, 0.15) is 11.5 Å². The summed E-state index contributed by atoms with van der Waals surface area (Å²) in [5.41, 5.74) is 1.04. The summed E-state index contributed by atoms with van der Waals surface area (Å²) in [5, 5.41) is 0. The minimum Gasteiger partial charge on any atom is -0.493 e. The molecule has 0 N–H and O–H groups in total. The monoisotopic (exact) mass is 369 g/mol. The van der Waals surface area contributed by atoms with Crippen LogP contribution in [-0.2, 0) is 0 Å². The smallest absolute Gasteiger partial charge is 0.414 e. The fourth-order valence-electron chi connectivity index (χ4n) is 2.59. The number of benzene rings is 2. The molecule has 0 saturated heterocycles. The van der Waals surface area contributed by atoms with Crippen molar-refractivity contribution in [1.82, 2.24) is 4.90 Å². The van der Waals surface area contributed by atoms with E-state index in [-0.39, 0.29) is 11.5 Å². The molecule has 0 aliphatic carbocycles. The second-order valence-corrected chi connectivity index (χ2v) is 5.94. The fraction of sp³-hybridized carbons (Fsp3) is 0.200. The van der Waals surface area contributed by atoms with E-state index in [0.717, 1.165) is 0 Å². The van der Waals surface area contributed by atoms with Crippen LogP contribution in [0.4, 0.5) is 4.79 Å². The maximum Gasteiger partial charge on any atom is 0.414 e. The third kappa shape index (κ3) is 3.57. The molecule has 2 aromatic carbocycles. The maximum absolute atomic E-state index is 12.6. The fourth-order valence-corrected chi connectivity index (χ4v) is 2.59. The van der Waals surface area contributed by atoms with Gasteiger partial charge in [0.2, 0.25) is 5.78 Å². The summed E-state index contributed by atoms with van der Waals surface area (Å²) in [5.74, 6) is 1.55. The molecule has 0 unspecified atom stereocenters. The van der Waals surface area contributed by atoms with E-state index in [1.165, 1.54) is 18.1 Å². The minimum absolute atomic E-state index is 0.146. The van der Waals surface area contributed by atoms with E-state index in [4.69, 9.17) is 18.9 Å². The average Bonchev–Trinajstić information content (AvgIpc) is 2.96. The van der Waals surface area contributed by atoms with Crippen molar-refractivity contribution in [3.05, 3.63) is 53.3 Å². The number of ketones is 1. The van der Waals surface area contributed by atoms with Crippen LogP contribution in [0.5, 0.6) is 23.0 Å². The molecule has 27 heavy (non-hydrogen) atoms. The van der Waals surface area contributed by atoms with E-state index >= 15 is 0 Å². The zero-order valence-electron chi connectivity index (χ0n) is 15.4. The molecule has 1 aliphatic heterocycles. The molecule has 0 atom stereocenters. The molecule has 140 valence electrons. The molecule has 2 aromatic rings. The number of carbonyl (C=O) groups excluding carboxylic acids is 2. The third-order valence-corrected chi connectivity index (χ3v) is 3.93. The van der Waals surface area contributed by atoms with Crippen LogP contribution in [0.2, 0.25) is 0 Å². The number of Topliss-reactive ketones (excluding diaryl/α,β-unsaturated/α-hetero) is 1. The number of ether oxygens (including phenoxy) is 4. The summed E-state index contributed by atoms with van der Waals surface area (Å²) in [6.45, 7) is 0. The van der Waals surface area contributed by atoms with E-state index in [1.807, 2.05) is 0 Å². The van der Waals surface area contributed by atoms with Gasteiger partial charge in [0.05, 0.1) is 19.8 Å². The highest BCUT2D eigenvalue weighted by molar-refractivity contribution is 6.14. The number of nitrogens with zero attached hydrogens (tertiary/aromatic N) is 1. The van der Waals surface area contributed by atoms with Crippen molar-refractivity contribution in [1.29, 1.82) is 0 Å². The lowest BCUT2D eigenvalue weighted by atomic mass is 10.1. The van der Waals surface area contributed by atoms with Gasteiger partial charge >= 0.3 is 6.09 Å². The lowest BCUT2D eigenvalue weighted by Crippen LogP contribution is -2.25. The molecule has 7 heteroatoms. The normalized spacial score (nSPS) is 13.8. The number of methoxy groups -OCH3 is 2. The van der Waals surface area contributed by atoms with Crippen molar-refractivity contribution in [2.45, 2.75) is 0 Å². The van der Waals surface area contributed by atoms with E-state index in [2.05, 4.69) is 0 Å². The maximum atomic E-state index is 12.6. The van der Waals surface area contributed by atoms with Crippen molar-refractivity contribution in [3.8, 4) is 23.0 Å². The SMILES string of the molecule is COc1cccc(/C=C2\Oc3cc(OC(=O)N(C)C)ccc3C2=O)c1OC. The van der Waals surface area contributed by atoms with E-state index in [9.17, 15) is 9.59 Å². The topological polar surface area (TPSA) is 74.3 Å². The van der Waals surface area contributed by atoms with E-state index < -0.39 is 6.09 Å². The van der Waals surface area contributed by atoms with Crippen LogP contribution in [0, 0.1) is 0 Å². The van der Waals surface area contributed by atoms with Gasteiger partial charge in [-0.25, -0.2) is 4.79 Å². The predicted molar refractivity (Wildman–Crippen MR) is 98.6 cm³/mol. The highest BCUT2D eigenvalue weighted by Crippen LogP contribution is 2.37. The number of hydrogen-bond acceptors (Lipinski definition) is 6. The summed E-state index contributed by atoms with van der Waals surface area (Å²) in [6.07, 6.45) is 1.08. The first-order chi connectivity index (χ1) is 12.9. The van der Waals surface area contributed by atoms with Gasteiger partial charge in [-0.15, -0.1) is 0 Å². The molecule has 0 spiro atoms. The second kappa shape index (κ2) is 7.41. The Labute approximate surface area is 156 Å². The molecule has 1 amide bonds. The van der Waals surface area contributed by atoms with E-state index in [0.29, 0.717) is 34.1 Å². The minimum atomic E-state index is -0.517. The van der Waals surface area contributed by atoms with Crippen LogP contribution in [0.3, 0.4) is 0 Å². The third-order valence-electron chi connectivity index (χ3n) is 3.93. The Morgan fingerprint density at radius 1 is 1.11 bits per heavy atom. The van der Waals surface area contributed by atoms with Crippen LogP contribution in [-0.4, -0.2) is 45.1 Å². The predicted octanol–water partition coefficient (Wildman–Crippen LogP) is 3.38. The van der Waals surface area contributed by atoms with Crippen molar-refractivity contribution in [2.75, 3.05) is 28.3 Å².